The molecule has 1 amide bonds. The summed E-state index contributed by atoms with van der Waals surface area (Å²) in [7, 11) is 0. The molecule has 0 aliphatic carbocycles. The zero-order valence-corrected chi connectivity index (χ0v) is 17.1. The molecule has 0 bridgehead atoms. The monoisotopic (exact) mass is 407 g/mol. The molecule has 5 heteroatoms. The van der Waals surface area contributed by atoms with Gasteiger partial charge in [-0.25, -0.2) is 0 Å². The Balaban J connectivity index is 1.39. The van der Waals surface area contributed by atoms with E-state index in [1.165, 1.54) is 16.3 Å². The summed E-state index contributed by atoms with van der Waals surface area (Å²) >= 11 is 6.22. The van der Waals surface area contributed by atoms with Crippen molar-refractivity contribution in [2.45, 2.75) is 24.9 Å². The van der Waals surface area contributed by atoms with Crippen molar-refractivity contribution in [2.75, 3.05) is 19.6 Å². The number of hydrogen-bond donors (Lipinski definition) is 2. The molecule has 0 aromatic heterocycles. The third-order valence-electron chi connectivity index (χ3n) is 5.58. The van der Waals surface area contributed by atoms with Crippen LogP contribution in [-0.2, 0) is 17.6 Å². The van der Waals surface area contributed by atoms with E-state index in [1.807, 2.05) is 29.2 Å². The average molecular weight is 408 g/mol. The Morgan fingerprint density at radius 2 is 1.86 bits per heavy atom. The molecule has 2 unspecified atom stereocenters. The molecule has 29 heavy (non-hydrogen) atoms. The van der Waals surface area contributed by atoms with Crippen LogP contribution in [0.4, 0.5) is 0 Å². The first-order valence-electron chi connectivity index (χ1n) is 10.1. The summed E-state index contributed by atoms with van der Waals surface area (Å²) in [5.74, 6) is -0.00469. The normalized spacial score (nSPS) is 18.0. The van der Waals surface area contributed by atoms with Crippen molar-refractivity contribution >= 4 is 28.3 Å². The van der Waals surface area contributed by atoms with Gasteiger partial charge in [0.2, 0.25) is 5.91 Å². The largest absolute Gasteiger partial charge is 0.338 e. The number of nitrogens with two attached hydrogens (primary N) is 1. The van der Waals surface area contributed by atoms with Crippen LogP contribution in [-0.4, -0.2) is 42.5 Å². The molecule has 3 aromatic carbocycles. The first-order valence-corrected chi connectivity index (χ1v) is 10.5. The maximum atomic E-state index is 12.9. The van der Waals surface area contributed by atoms with Gasteiger partial charge in [0.15, 0.2) is 0 Å². The van der Waals surface area contributed by atoms with Gasteiger partial charge in [-0.15, -0.1) is 0 Å². The number of benzene rings is 3. The third-order valence-corrected chi connectivity index (χ3v) is 5.95. The van der Waals surface area contributed by atoms with Crippen LogP contribution in [0, 0.1) is 0 Å². The minimum absolute atomic E-state index is 0.00469. The zero-order valence-electron chi connectivity index (χ0n) is 16.4. The first kappa shape index (κ1) is 19.9. The minimum Gasteiger partial charge on any atom is -0.338 e. The highest BCUT2D eigenvalue weighted by atomic mass is 35.5. The van der Waals surface area contributed by atoms with E-state index in [0.717, 1.165) is 18.5 Å². The summed E-state index contributed by atoms with van der Waals surface area (Å²) in [6.45, 7) is 2.13. The maximum absolute atomic E-state index is 12.9. The molecule has 1 aliphatic heterocycles. The van der Waals surface area contributed by atoms with E-state index in [1.54, 1.807) is 0 Å². The molecular weight excluding hydrogens is 382 g/mol. The van der Waals surface area contributed by atoms with Gasteiger partial charge in [-0.2, -0.15) is 0 Å². The molecule has 4 rings (SSSR count). The van der Waals surface area contributed by atoms with Crippen LogP contribution in [0.5, 0.6) is 0 Å². The summed E-state index contributed by atoms with van der Waals surface area (Å²) < 4.78 is 0. The number of carbonyl (C=O) groups is 1. The fraction of sp³-hybridized carbons (Fsp3) is 0.292. The van der Waals surface area contributed by atoms with Crippen LogP contribution in [0.3, 0.4) is 0 Å². The number of carbonyl (C=O) groups excluding carboxylic acids is 1. The maximum Gasteiger partial charge on any atom is 0.239 e. The van der Waals surface area contributed by atoms with Gasteiger partial charge < -0.3 is 16.0 Å². The second kappa shape index (κ2) is 8.95. The Morgan fingerprint density at radius 1 is 1.10 bits per heavy atom. The SMILES string of the molecule is NC(Cc1ccccc1Cl)C(=O)N1CCNC(Cc2ccc3ccccc3c2)C1. The standard InChI is InChI=1S/C24H26ClN3O/c25-22-8-4-3-7-20(22)15-23(26)24(29)28-12-11-27-21(16-28)14-17-9-10-18-5-1-2-6-19(18)13-17/h1-10,13,21,23,27H,11-12,14-16,26H2. The molecule has 3 N–H and O–H groups in total. The third kappa shape index (κ3) is 4.78. The van der Waals surface area contributed by atoms with Crippen molar-refractivity contribution in [1.82, 2.24) is 10.2 Å². The van der Waals surface area contributed by atoms with Crippen molar-refractivity contribution in [3.05, 3.63) is 82.9 Å². The van der Waals surface area contributed by atoms with Gasteiger partial charge in [-0.3, -0.25) is 4.79 Å². The Labute approximate surface area is 176 Å². The molecule has 3 aromatic rings. The summed E-state index contributed by atoms with van der Waals surface area (Å²) in [4.78, 5) is 14.8. The van der Waals surface area contributed by atoms with Gasteiger partial charge >= 0.3 is 0 Å². The van der Waals surface area contributed by atoms with Crippen molar-refractivity contribution in [3.8, 4) is 0 Å². The van der Waals surface area contributed by atoms with Gasteiger partial charge in [-0.05, 0) is 40.8 Å². The fourth-order valence-corrected chi connectivity index (χ4v) is 4.25. The predicted molar refractivity (Wildman–Crippen MR) is 119 cm³/mol. The molecule has 0 saturated carbocycles. The molecular formula is C24H26ClN3O. The highest BCUT2D eigenvalue weighted by Gasteiger charge is 2.27. The number of fused-ring (bicyclic) bond motifs is 1. The van der Waals surface area contributed by atoms with Crippen molar-refractivity contribution < 1.29 is 4.79 Å². The summed E-state index contributed by atoms with van der Waals surface area (Å²) in [6.07, 6.45) is 1.34. The molecule has 2 atom stereocenters. The van der Waals surface area contributed by atoms with Crippen LogP contribution in [0.2, 0.25) is 5.02 Å². The van der Waals surface area contributed by atoms with Crippen LogP contribution in [0.15, 0.2) is 66.7 Å². The highest BCUT2D eigenvalue weighted by Crippen LogP contribution is 2.19. The molecule has 4 nitrogen and oxygen atoms in total. The van der Waals surface area contributed by atoms with E-state index >= 15 is 0 Å². The number of nitrogens with one attached hydrogen (secondary N) is 1. The van der Waals surface area contributed by atoms with Crippen molar-refractivity contribution in [1.29, 1.82) is 0 Å². The molecule has 1 fully saturated rings. The van der Waals surface area contributed by atoms with E-state index in [-0.39, 0.29) is 11.9 Å². The number of halogens is 1. The Kier molecular flexibility index (Phi) is 6.14. The number of hydrogen-bond acceptors (Lipinski definition) is 3. The Morgan fingerprint density at radius 3 is 2.69 bits per heavy atom. The number of amides is 1. The molecule has 0 spiro atoms. The second-order valence-corrected chi connectivity index (χ2v) is 8.13. The van der Waals surface area contributed by atoms with E-state index in [4.69, 9.17) is 17.3 Å². The topological polar surface area (TPSA) is 58.4 Å². The van der Waals surface area contributed by atoms with E-state index in [0.29, 0.717) is 24.5 Å². The lowest BCUT2D eigenvalue weighted by Gasteiger charge is -2.35. The molecule has 150 valence electrons. The van der Waals surface area contributed by atoms with E-state index in [9.17, 15) is 4.79 Å². The number of rotatable bonds is 5. The van der Waals surface area contributed by atoms with Crippen LogP contribution in [0.1, 0.15) is 11.1 Å². The summed E-state index contributed by atoms with van der Waals surface area (Å²) in [5.41, 5.74) is 8.43. The highest BCUT2D eigenvalue weighted by molar-refractivity contribution is 6.31. The quantitative estimate of drug-likeness (QED) is 0.681. The Bertz CT molecular complexity index is 1010. The molecule has 1 heterocycles. The smallest absolute Gasteiger partial charge is 0.239 e. The predicted octanol–water partition coefficient (Wildman–Crippen LogP) is 3.41. The summed E-state index contributed by atoms with van der Waals surface area (Å²) in [5, 5.41) is 6.69. The van der Waals surface area contributed by atoms with E-state index in [2.05, 4.69) is 47.8 Å². The lowest BCUT2D eigenvalue weighted by atomic mass is 9.99. The number of piperazine rings is 1. The van der Waals surface area contributed by atoms with E-state index < -0.39 is 6.04 Å². The number of nitrogens with zero attached hydrogens (tertiary/aromatic N) is 1. The van der Waals surface area contributed by atoms with Crippen molar-refractivity contribution in [3.63, 3.8) is 0 Å². The van der Waals surface area contributed by atoms with Gasteiger partial charge in [-0.1, -0.05) is 72.3 Å². The zero-order chi connectivity index (χ0) is 20.2. The van der Waals surface area contributed by atoms with Gasteiger partial charge in [0.1, 0.15) is 0 Å². The van der Waals surface area contributed by atoms with Gasteiger partial charge in [0, 0.05) is 30.7 Å². The van der Waals surface area contributed by atoms with Crippen molar-refractivity contribution in [2.24, 2.45) is 5.73 Å². The van der Waals surface area contributed by atoms with Crippen LogP contribution >= 0.6 is 11.6 Å². The van der Waals surface area contributed by atoms with Crippen LogP contribution in [0.25, 0.3) is 10.8 Å². The lowest BCUT2D eigenvalue weighted by molar-refractivity contribution is -0.133. The minimum atomic E-state index is -0.575. The average Bonchev–Trinajstić information content (AvgIpc) is 2.75. The second-order valence-electron chi connectivity index (χ2n) is 7.72. The molecule has 1 aliphatic rings. The molecule has 1 saturated heterocycles. The van der Waals surface area contributed by atoms with Gasteiger partial charge in [0.25, 0.3) is 0 Å². The molecule has 0 radical (unpaired) electrons. The fourth-order valence-electron chi connectivity index (χ4n) is 4.04. The lowest BCUT2D eigenvalue weighted by Crippen LogP contribution is -2.57. The van der Waals surface area contributed by atoms with Gasteiger partial charge in [0.05, 0.1) is 6.04 Å². The Hall–Kier alpha value is -2.40. The first-order chi connectivity index (χ1) is 14.1. The summed E-state index contributed by atoms with van der Waals surface area (Å²) in [6, 6.07) is 22.2. The van der Waals surface area contributed by atoms with Crippen LogP contribution < -0.4 is 11.1 Å².